The topological polar surface area (TPSA) is 95.8 Å². The van der Waals surface area contributed by atoms with Gasteiger partial charge in [0.25, 0.3) is 0 Å². The van der Waals surface area contributed by atoms with Crippen molar-refractivity contribution in [1.82, 2.24) is 19.3 Å². The number of aromatic nitrogens is 4. The number of thioether (sulfide) groups is 1. The van der Waals surface area contributed by atoms with Gasteiger partial charge in [-0.05, 0) is 43.5 Å². The first-order chi connectivity index (χ1) is 13.0. The van der Waals surface area contributed by atoms with Gasteiger partial charge in [-0.1, -0.05) is 25.1 Å². The average Bonchev–Trinajstić information content (AvgIpc) is 3.25. The van der Waals surface area contributed by atoms with Gasteiger partial charge in [-0.15, -0.1) is 0 Å². The SMILES string of the molecule is CCCn1c(SCCCCCn2cccn2)nc2cc(S(N)(=O)=O)ccc21. The summed E-state index contributed by atoms with van der Waals surface area (Å²) in [7, 11) is -3.72. The van der Waals surface area contributed by atoms with E-state index >= 15 is 0 Å². The van der Waals surface area contributed by atoms with Gasteiger partial charge in [0.1, 0.15) is 0 Å². The van der Waals surface area contributed by atoms with E-state index in [9.17, 15) is 8.42 Å². The van der Waals surface area contributed by atoms with Crippen molar-refractivity contribution in [3.05, 3.63) is 36.7 Å². The van der Waals surface area contributed by atoms with Crippen LogP contribution in [0.2, 0.25) is 0 Å². The van der Waals surface area contributed by atoms with Crippen molar-refractivity contribution in [2.75, 3.05) is 5.75 Å². The smallest absolute Gasteiger partial charge is 0.238 e. The molecule has 0 aliphatic rings. The third-order valence-corrected chi connectivity index (χ3v) is 6.26. The summed E-state index contributed by atoms with van der Waals surface area (Å²) < 4.78 is 27.3. The molecule has 0 spiro atoms. The third kappa shape index (κ3) is 5.12. The number of sulfonamides is 1. The van der Waals surface area contributed by atoms with Crippen LogP contribution in [0.1, 0.15) is 32.6 Å². The number of imidazole rings is 1. The predicted octanol–water partition coefficient (Wildman–Crippen LogP) is 3.25. The summed E-state index contributed by atoms with van der Waals surface area (Å²) in [6, 6.07) is 6.85. The van der Waals surface area contributed by atoms with Crippen LogP contribution >= 0.6 is 11.8 Å². The number of rotatable bonds is 10. The highest BCUT2D eigenvalue weighted by molar-refractivity contribution is 7.99. The maximum atomic E-state index is 11.6. The van der Waals surface area contributed by atoms with E-state index < -0.39 is 10.0 Å². The first-order valence-electron chi connectivity index (χ1n) is 9.12. The van der Waals surface area contributed by atoms with Gasteiger partial charge in [-0.25, -0.2) is 18.5 Å². The molecule has 0 radical (unpaired) electrons. The van der Waals surface area contributed by atoms with Crippen molar-refractivity contribution >= 4 is 32.8 Å². The molecule has 1 aromatic carbocycles. The minimum absolute atomic E-state index is 0.103. The monoisotopic (exact) mass is 407 g/mol. The maximum Gasteiger partial charge on any atom is 0.238 e. The van der Waals surface area contributed by atoms with Crippen LogP contribution in [0.15, 0.2) is 46.7 Å². The lowest BCUT2D eigenvalue weighted by Crippen LogP contribution is -2.11. The van der Waals surface area contributed by atoms with Crippen LogP contribution in [0, 0.1) is 0 Å². The Balaban J connectivity index is 1.63. The molecule has 146 valence electrons. The number of unbranched alkanes of at least 4 members (excludes halogenated alkanes) is 2. The fourth-order valence-electron chi connectivity index (χ4n) is 2.96. The van der Waals surface area contributed by atoms with Gasteiger partial charge < -0.3 is 4.57 Å². The number of primary sulfonamides is 1. The van der Waals surface area contributed by atoms with Crippen LogP contribution < -0.4 is 5.14 Å². The summed E-state index contributed by atoms with van der Waals surface area (Å²) in [6.45, 7) is 3.92. The average molecular weight is 408 g/mol. The molecule has 3 rings (SSSR count). The van der Waals surface area contributed by atoms with Crippen molar-refractivity contribution in [3.63, 3.8) is 0 Å². The standard InChI is InChI=1S/C18H25N5O2S2/c1-2-10-23-17-8-7-15(27(19,24)25)14-16(17)21-18(23)26-13-5-3-4-11-22-12-6-9-20-22/h6-9,12,14H,2-5,10-11,13H2,1H3,(H2,19,24,25). The molecule has 0 fully saturated rings. The van der Waals surface area contributed by atoms with Crippen molar-refractivity contribution in [1.29, 1.82) is 0 Å². The van der Waals surface area contributed by atoms with Crippen LogP contribution in [-0.4, -0.2) is 33.5 Å². The molecule has 2 heterocycles. The molecule has 7 nitrogen and oxygen atoms in total. The third-order valence-electron chi connectivity index (χ3n) is 4.28. The highest BCUT2D eigenvalue weighted by Gasteiger charge is 2.14. The molecule has 0 atom stereocenters. The van der Waals surface area contributed by atoms with E-state index in [4.69, 9.17) is 5.14 Å². The largest absolute Gasteiger partial charge is 0.319 e. The van der Waals surface area contributed by atoms with E-state index in [0.717, 1.165) is 55.2 Å². The van der Waals surface area contributed by atoms with Crippen molar-refractivity contribution < 1.29 is 8.42 Å². The Kier molecular flexibility index (Phi) is 6.56. The molecule has 0 unspecified atom stereocenters. The first-order valence-corrected chi connectivity index (χ1v) is 11.7. The minimum atomic E-state index is -3.72. The maximum absolute atomic E-state index is 11.6. The quantitative estimate of drug-likeness (QED) is 0.411. The van der Waals surface area contributed by atoms with Crippen LogP contribution in [0.25, 0.3) is 11.0 Å². The van der Waals surface area contributed by atoms with Crippen molar-refractivity contribution in [2.45, 2.75) is 55.7 Å². The van der Waals surface area contributed by atoms with Crippen LogP contribution in [0.5, 0.6) is 0 Å². The van der Waals surface area contributed by atoms with E-state index in [1.54, 1.807) is 36.2 Å². The van der Waals surface area contributed by atoms with Gasteiger partial charge in [0.15, 0.2) is 5.16 Å². The number of hydrogen-bond acceptors (Lipinski definition) is 5. The van der Waals surface area contributed by atoms with Crippen molar-refractivity contribution in [3.8, 4) is 0 Å². The lowest BCUT2D eigenvalue weighted by atomic mass is 10.2. The van der Waals surface area contributed by atoms with Crippen LogP contribution in [0.4, 0.5) is 0 Å². The molecule has 0 aliphatic heterocycles. The van der Waals surface area contributed by atoms with Gasteiger partial charge in [0.05, 0.1) is 15.9 Å². The number of aryl methyl sites for hydroxylation is 2. The van der Waals surface area contributed by atoms with Gasteiger partial charge >= 0.3 is 0 Å². The molecule has 9 heteroatoms. The Labute approximate surface area is 164 Å². The highest BCUT2D eigenvalue weighted by Crippen LogP contribution is 2.27. The van der Waals surface area contributed by atoms with Crippen molar-refractivity contribution in [2.24, 2.45) is 5.14 Å². The summed E-state index contributed by atoms with van der Waals surface area (Å²) in [5.74, 6) is 0.980. The molecule has 3 aromatic rings. The molecular formula is C18H25N5O2S2. The fourth-order valence-corrected chi connectivity index (χ4v) is 4.54. The summed E-state index contributed by atoms with van der Waals surface area (Å²) in [4.78, 5) is 4.76. The van der Waals surface area contributed by atoms with Crippen LogP contribution in [-0.2, 0) is 23.1 Å². The Morgan fingerprint density at radius 3 is 2.74 bits per heavy atom. The fraction of sp³-hybridized carbons (Fsp3) is 0.444. The van der Waals surface area contributed by atoms with E-state index in [-0.39, 0.29) is 4.90 Å². The number of benzene rings is 1. The Hall–Kier alpha value is -1.84. The van der Waals surface area contributed by atoms with E-state index in [0.29, 0.717) is 5.52 Å². The lowest BCUT2D eigenvalue weighted by Gasteiger charge is -2.07. The second kappa shape index (κ2) is 8.90. The molecule has 0 bridgehead atoms. The second-order valence-electron chi connectivity index (χ2n) is 6.42. The number of hydrogen-bond donors (Lipinski definition) is 1. The number of nitrogens with two attached hydrogens (primary N) is 1. The molecule has 2 aromatic heterocycles. The molecule has 0 saturated carbocycles. The summed E-state index contributed by atoms with van der Waals surface area (Å²) >= 11 is 1.72. The molecule has 0 amide bonds. The van der Waals surface area contributed by atoms with Crippen LogP contribution in [0.3, 0.4) is 0 Å². The number of nitrogens with zero attached hydrogens (tertiary/aromatic N) is 4. The predicted molar refractivity (Wildman–Crippen MR) is 108 cm³/mol. The first kappa shape index (κ1) is 19.9. The van der Waals surface area contributed by atoms with Gasteiger partial charge in [-0.2, -0.15) is 5.10 Å². The zero-order valence-corrected chi connectivity index (χ0v) is 17.0. The van der Waals surface area contributed by atoms with Gasteiger partial charge in [-0.3, -0.25) is 4.68 Å². The van der Waals surface area contributed by atoms with E-state index in [1.807, 2.05) is 16.9 Å². The van der Waals surface area contributed by atoms with Gasteiger partial charge in [0, 0.05) is 31.2 Å². The number of fused-ring (bicyclic) bond motifs is 1. The Morgan fingerprint density at radius 2 is 2.04 bits per heavy atom. The molecular weight excluding hydrogens is 382 g/mol. The summed E-state index contributed by atoms with van der Waals surface area (Å²) in [5, 5.41) is 10.4. The normalized spacial score (nSPS) is 12.1. The van der Waals surface area contributed by atoms with E-state index in [1.165, 1.54) is 0 Å². The minimum Gasteiger partial charge on any atom is -0.319 e. The molecule has 27 heavy (non-hydrogen) atoms. The zero-order chi connectivity index (χ0) is 19.3. The molecule has 2 N–H and O–H groups in total. The van der Waals surface area contributed by atoms with Gasteiger partial charge in [0.2, 0.25) is 10.0 Å². The summed E-state index contributed by atoms with van der Waals surface area (Å²) in [5.41, 5.74) is 1.63. The molecule has 0 aliphatic carbocycles. The lowest BCUT2D eigenvalue weighted by molar-refractivity contribution is 0.554. The Morgan fingerprint density at radius 1 is 1.19 bits per heavy atom. The second-order valence-corrected chi connectivity index (χ2v) is 9.04. The molecule has 0 saturated heterocycles. The zero-order valence-electron chi connectivity index (χ0n) is 15.4. The highest BCUT2D eigenvalue weighted by atomic mass is 32.2. The van der Waals surface area contributed by atoms with E-state index in [2.05, 4.69) is 21.6 Å². The Bertz CT molecular complexity index is 981. The summed E-state index contributed by atoms with van der Waals surface area (Å²) in [6.07, 6.45) is 8.11.